The lowest BCUT2D eigenvalue weighted by Crippen LogP contribution is -2.51. The maximum atomic E-state index is 13.4. The van der Waals surface area contributed by atoms with Gasteiger partial charge in [-0.05, 0) is 61.2 Å². The summed E-state index contributed by atoms with van der Waals surface area (Å²) in [5.74, 6) is 0.919. The number of benzene rings is 1. The van der Waals surface area contributed by atoms with Gasteiger partial charge in [-0.3, -0.25) is 4.98 Å². The largest absolute Gasteiger partial charge is 0.495 e. The van der Waals surface area contributed by atoms with E-state index in [4.69, 9.17) is 9.57 Å². The number of rotatable bonds is 5. The lowest BCUT2D eigenvalue weighted by molar-refractivity contribution is -0.140. The number of hydrogen-bond donors (Lipinski definition) is 1. The molecule has 1 fully saturated rings. The summed E-state index contributed by atoms with van der Waals surface area (Å²) >= 11 is 0. The summed E-state index contributed by atoms with van der Waals surface area (Å²) in [6.45, 7) is 2.21. The summed E-state index contributed by atoms with van der Waals surface area (Å²) in [5.41, 5.74) is 2.90. The number of amidine groups is 1. The second-order valence-corrected chi connectivity index (χ2v) is 8.09. The van der Waals surface area contributed by atoms with Crippen LogP contribution in [0, 0.1) is 12.7 Å². The van der Waals surface area contributed by atoms with Crippen LogP contribution in [0.4, 0.5) is 4.39 Å². The van der Waals surface area contributed by atoms with Gasteiger partial charge in [0.25, 0.3) is 5.72 Å². The van der Waals surface area contributed by atoms with Gasteiger partial charge >= 0.3 is 0 Å². The average Bonchev–Trinajstić information content (AvgIpc) is 3.44. The molecule has 8 nitrogen and oxygen atoms in total. The Morgan fingerprint density at radius 1 is 1.27 bits per heavy atom. The summed E-state index contributed by atoms with van der Waals surface area (Å²) in [6, 6.07) is 8.78. The molecule has 33 heavy (non-hydrogen) atoms. The van der Waals surface area contributed by atoms with E-state index in [1.165, 1.54) is 12.1 Å². The highest BCUT2D eigenvalue weighted by molar-refractivity contribution is 6.03. The van der Waals surface area contributed by atoms with Gasteiger partial charge in [0.05, 0.1) is 31.0 Å². The van der Waals surface area contributed by atoms with Crippen molar-refractivity contribution in [3.8, 4) is 11.4 Å². The standard InChI is InChI=1S/C24H24FN5O3/c1-16-13-29(15-27-16)20-7-5-17(11-21(20)32-2)10-18-4-3-9-30-23(18)28-33-24(30,14-31)22-8-6-19(25)12-26-22/h5-8,10-13,15,31H,3-4,9,14H2,1-2H3/b18-10+. The van der Waals surface area contributed by atoms with Crippen LogP contribution in [0.3, 0.4) is 0 Å². The number of aromatic nitrogens is 3. The SMILES string of the molecule is COc1cc(/C=C2\CCCN3C2=NOC3(CO)c2ccc(F)cn2)ccc1-n1cnc(C)c1. The third kappa shape index (κ3) is 3.64. The van der Waals surface area contributed by atoms with Crippen LogP contribution >= 0.6 is 0 Å². The maximum absolute atomic E-state index is 13.4. The van der Waals surface area contributed by atoms with Gasteiger partial charge in [-0.1, -0.05) is 11.2 Å². The number of methoxy groups -OCH3 is 1. The van der Waals surface area contributed by atoms with Crippen molar-refractivity contribution >= 4 is 11.9 Å². The molecule has 0 saturated carbocycles. The fourth-order valence-corrected chi connectivity index (χ4v) is 4.32. The lowest BCUT2D eigenvalue weighted by atomic mass is 9.96. The molecule has 1 N–H and O–H groups in total. The number of ether oxygens (including phenoxy) is 1. The van der Waals surface area contributed by atoms with Crippen LogP contribution < -0.4 is 4.74 Å². The fraction of sp³-hybridized carbons (Fsp3) is 0.292. The molecule has 2 aliphatic heterocycles. The molecule has 0 aliphatic carbocycles. The Balaban J connectivity index is 1.47. The number of aryl methyl sites for hydroxylation is 1. The van der Waals surface area contributed by atoms with Crippen molar-refractivity contribution in [3.05, 3.63) is 77.4 Å². The van der Waals surface area contributed by atoms with E-state index >= 15 is 0 Å². The van der Waals surface area contributed by atoms with Gasteiger partial charge < -0.3 is 24.1 Å². The molecule has 0 spiro atoms. The zero-order valence-corrected chi connectivity index (χ0v) is 18.4. The molecule has 3 aromatic rings. The van der Waals surface area contributed by atoms with E-state index in [0.29, 0.717) is 18.1 Å². The molecule has 1 atom stereocenters. The molecule has 1 saturated heterocycles. The Bertz CT molecular complexity index is 1240. The molecular formula is C24H24FN5O3. The smallest absolute Gasteiger partial charge is 0.277 e. The van der Waals surface area contributed by atoms with Gasteiger partial charge in [-0.25, -0.2) is 9.37 Å². The molecule has 1 unspecified atom stereocenters. The van der Waals surface area contributed by atoms with Crippen molar-refractivity contribution in [2.24, 2.45) is 5.16 Å². The zero-order chi connectivity index (χ0) is 23.0. The molecule has 2 aromatic heterocycles. The van der Waals surface area contributed by atoms with Crippen molar-refractivity contribution in [2.45, 2.75) is 25.5 Å². The lowest BCUT2D eigenvalue weighted by Gasteiger charge is -2.38. The number of fused-ring (bicyclic) bond motifs is 1. The minimum atomic E-state index is -1.26. The summed E-state index contributed by atoms with van der Waals surface area (Å²) in [5, 5.41) is 14.6. The molecule has 0 radical (unpaired) electrons. The summed E-state index contributed by atoms with van der Waals surface area (Å²) in [4.78, 5) is 16.1. The number of piperidine rings is 1. The monoisotopic (exact) mass is 449 g/mol. The van der Waals surface area contributed by atoms with Crippen molar-refractivity contribution in [2.75, 3.05) is 20.3 Å². The number of oxime groups is 1. The second kappa shape index (κ2) is 8.32. The molecule has 0 amide bonds. The number of aliphatic hydroxyl groups excluding tert-OH is 1. The molecular weight excluding hydrogens is 425 g/mol. The molecule has 170 valence electrons. The first-order valence-electron chi connectivity index (χ1n) is 10.7. The highest BCUT2D eigenvalue weighted by atomic mass is 19.1. The van der Waals surface area contributed by atoms with Crippen LogP contribution in [0.1, 0.15) is 29.8 Å². The van der Waals surface area contributed by atoms with E-state index < -0.39 is 11.5 Å². The molecule has 5 rings (SSSR count). The first-order chi connectivity index (χ1) is 16.0. The molecule has 9 heteroatoms. The number of imidazole rings is 1. The van der Waals surface area contributed by atoms with E-state index in [9.17, 15) is 9.50 Å². The van der Waals surface area contributed by atoms with Crippen LogP contribution in [0.2, 0.25) is 0 Å². The Morgan fingerprint density at radius 3 is 2.85 bits per heavy atom. The van der Waals surface area contributed by atoms with Crippen LogP contribution in [0.5, 0.6) is 5.75 Å². The van der Waals surface area contributed by atoms with E-state index in [1.54, 1.807) is 13.4 Å². The normalized spacial score (nSPS) is 21.0. The van der Waals surface area contributed by atoms with Gasteiger partial charge in [-0.15, -0.1) is 0 Å². The summed E-state index contributed by atoms with van der Waals surface area (Å²) in [6.07, 6.45) is 8.52. The molecule has 4 heterocycles. The minimum Gasteiger partial charge on any atom is -0.495 e. The molecule has 0 bridgehead atoms. The Hall–Kier alpha value is -3.72. The van der Waals surface area contributed by atoms with Gasteiger partial charge in [-0.2, -0.15) is 0 Å². The summed E-state index contributed by atoms with van der Waals surface area (Å²) < 4.78 is 21.0. The minimum absolute atomic E-state index is 0.362. The van der Waals surface area contributed by atoms with E-state index in [0.717, 1.165) is 47.3 Å². The van der Waals surface area contributed by atoms with Crippen molar-refractivity contribution in [1.82, 2.24) is 19.4 Å². The number of pyridine rings is 1. The van der Waals surface area contributed by atoms with Crippen molar-refractivity contribution in [1.29, 1.82) is 0 Å². The van der Waals surface area contributed by atoms with Gasteiger partial charge in [0.1, 0.15) is 23.9 Å². The van der Waals surface area contributed by atoms with Gasteiger partial charge in [0, 0.05) is 12.7 Å². The highest BCUT2D eigenvalue weighted by Gasteiger charge is 2.50. The molecule has 1 aromatic carbocycles. The predicted molar refractivity (Wildman–Crippen MR) is 120 cm³/mol. The van der Waals surface area contributed by atoms with E-state index in [-0.39, 0.29) is 6.61 Å². The Labute approximate surface area is 190 Å². The Kier molecular flexibility index (Phi) is 5.33. The highest BCUT2D eigenvalue weighted by Crippen LogP contribution is 2.39. The summed E-state index contributed by atoms with van der Waals surface area (Å²) in [7, 11) is 1.64. The Morgan fingerprint density at radius 2 is 2.15 bits per heavy atom. The average molecular weight is 449 g/mol. The number of aliphatic hydroxyl groups is 1. The van der Waals surface area contributed by atoms with Gasteiger partial charge in [0.15, 0.2) is 5.84 Å². The quantitative estimate of drug-likeness (QED) is 0.643. The predicted octanol–water partition coefficient (Wildman–Crippen LogP) is 3.39. The second-order valence-electron chi connectivity index (χ2n) is 8.09. The first kappa shape index (κ1) is 21.1. The van der Waals surface area contributed by atoms with Crippen LogP contribution in [-0.2, 0) is 10.6 Å². The van der Waals surface area contributed by atoms with Crippen molar-refractivity contribution in [3.63, 3.8) is 0 Å². The van der Waals surface area contributed by atoms with Crippen LogP contribution in [0.15, 0.2) is 59.8 Å². The van der Waals surface area contributed by atoms with Crippen LogP contribution in [0.25, 0.3) is 11.8 Å². The molecule has 2 aliphatic rings. The zero-order valence-electron chi connectivity index (χ0n) is 18.4. The topological polar surface area (TPSA) is 85.0 Å². The van der Waals surface area contributed by atoms with Gasteiger partial charge in [0.2, 0.25) is 0 Å². The third-order valence-electron chi connectivity index (χ3n) is 5.97. The third-order valence-corrected chi connectivity index (χ3v) is 5.97. The number of nitrogens with zero attached hydrogens (tertiary/aromatic N) is 5. The fourth-order valence-electron chi connectivity index (χ4n) is 4.32. The number of halogens is 1. The van der Waals surface area contributed by atoms with E-state index in [1.807, 2.05) is 46.9 Å². The van der Waals surface area contributed by atoms with Crippen LogP contribution in [-0.4, -0.2) is 50.6 Å². The number of hydrogen-bond acceptors (Lipinski definition) is 7. The van der Waals surface area contributed by atoms with Crippen molar-refractivity contribution < 1.29 is 19.1 Å². The maximum Gasteiger partial charge on any atom is 0.277 e. The first-order valence-corrected chi connectivity index (χ1v) is 10.7. The van der Waals surface area contributed by atoms with E-state index in [2.05, 4.69) is 15.1 Å².